The zero-order chi connectivity index (χ0) is 10.7. The smallest absolute Gasteiger partial charge is 0.0623 e. The van der Waals surface area contributed by atoms with Gasteiger partial charge in [0.1, 0.15) is 0 Å². The van der Waals surface area contributed by atoms with Crippen molar-refractivity contribution >= 4 is 0 Å². The highest BCUT2D eigenvalue weighted by Crippen LogP contribution is 2.28. The van der Waals surface area contributed by atoms with Crippen molar-refractivity contribution in [2.45, 2.75) is 45.1 Å². The van der Waals surface area contributed by atoms with Crippen molar-refractivity contribution in [3.05, 3.63) is 29.6 Å². The summed E-state index contributed by atoms with van der Waals surface area (Å²) in [6.07, 6.45) is 7.33. The molecule has 2 heteroatoms. The first-order chi connectivity index (χ1) is 7.25. The minimum absolute atomic E-state index is 0.192. The maximum absolute atomic E-state index is 10.0. The van der Waals surface area contributed by atoms with E-state index in [-0.39, 0.29) is 6.10 Å². The molecule has 1 aliphatic carbocycles. The highest BCUT2D eigenvalue weighted by Gasteiger charge is 2.23. The van der Waals surface area contributed by atoms with Gasteiger partial charge in [0.05, 0.1) is 6.10 Å². The molecule has 0 bridgehead atoms. The molecule has 2 nitrogen and oxygen atoms in total. The van der Waals surface area contributed by atoms with E-state index in [1.807, 2.05) is 19.2 Å². The highest BCUT2D eigenvalue weighted by molar-refractivity contribution is 5.12. The summed E-state index contributed by atoms with van der Waals surface area (Å²) < 4.78 is 0. The zero-order valence-corrected chi connectivity index (χ0v) is 9.32. The molecular formula is C13H19NO. The molecule has 0 aliphatic heterocycles. The van der Waals surface area contributed by atoms with Crippen LogP contribution in [0.3, 0.4) is 0 Å². The lowest BCUT2D eigenvalue weighted by molar-refractivity contribution is 0.110. The number of rotatable bonds is 3. The maximum atomic E-state index is 10.0. The fraction of sp³-hybridized carbons (Fsp3) is 0.615. The zero-order valence-electron chi connectivity index (χ0n) is 9.32. The summed E-state index contributed by atoms with van der Waals surface area (Å²) in [5, 5.41) is 10.0. The van der Waals surface area contributed by atoms with Gasteiger partial charge < -0.3 is 5.11 Å². The third-order valence-corrected chi connectivity index (χ3v) is 3.33. The summed E-state index contributed by atoms with van der Waals surface area (Å²) in [4.78, 5) is 4.33. The average molecular weight is 205 g/mol. The Balaban J connectivity index is 1.92. The topological polar surface area (TPSA) is 33.1 Å². The predicted octanol–water partition coefficient (Wildman–Crippen LogP) is 2.48. The molecule has 0 saturated heterocycles. The van der Waals surface area contributed by atoms with Crippen molar-refractivity contribution < 1.29 is 5.11 Å². The van der Waals surface area contributed by atoms with Gasteiger partial charge in [0.15, 0.2) is 0 Å². The number of nitrogens with zero attached hydrogens (tertiary/aromatic N) is 1. The first-order valence-electron chi connectivity index (χ1n) is 5.85. The van der Waals surface area contributed by atoms with E-state index in [2.05, 4.69) is 11.1 Å². The Hall–Kier alpha value is -0.890. The number of hydrogen-bond donors (Lipinski definition) is 1. The maximum Gasteiger partial charge on any atom is 0.0623 e. The standard InChI is InChI=1S/C13H19NO/c1-10-6-7-12(14-9-10)8-13(15)11-4-2-3-5-11/h6-7,9,11,13,15H,2-5,8H2,1H3. The first kappa shape index (κ1) is 10.6. The van der Waals surface area contributed by atoms with Gasteiger partial charge in [-0.15, -0.1) is 0 Å². The molecule has 15 heavy (non-hydrogen) atoms. The molecule has 0 radical (unpaired) electrons. The highest BCUT2D eigenvalue weighted by atomic mass is 16.3. The van der Waals surface area contributed by atoms with E-state index >= 15 is 0 Å². The molecule has 1 fully saturated rings. The van der Waals surface area contributed by atoms with Crippen molar-refractivity contribution in [2.75, 3.05) is 0 Å². The van der Waals surface area contributed by atoms with Crippen LogP contribution in [0.15, 0.2) is 18.3 Å². The molecule has 1 N–H and O–H groups in total. The third kappa shape index (κ3) is 2.78. The second-order valence-corrected chi connectivity index (χ2v) is 4.64. The van der Waals surface area contributed by atoms with Crippen molar-refractivity contribution in [1.82, 2.24) is 4.98 Å². The van der Waals surface area contributed by atoms with Gasteiger partial charge in [-0.2, -0.15) is 0 Å². The van der Waals surface area contributed by atoms with Crippen LogP contribution in [0.25, 0.3) is 0 Å². The fourth-order valence-electron chi connectivity index (χ4n) is 2.34. The van der Waals surface area contributed by atoms with Gasteiger partial charge >= 0.3 is 0 Å². The second kappa shape index (κ2) is 4.75. The molecule has 1 atom stereocenters. The minimum atomic E-state index is -0.192. The van der Waals surface area contributed by atoms with E-state index < -0.39 is 0 Å². The van der Waals surface area contributed by atoms with Gasteiger partial charge in [0.25, 0.3) is 0 Å². The quantitative estimate of drug-likeness (QED) is 0.822. The lowest BCUT2D eigenvalue weighted by atomic mass is 9.97. The van der Waals surface area contributed by atoms with Crippen LogP contribution < -0.4 is 0 Å². The number of aromatic nitrogens is 1. The molecule has 1 aromatic heterocycles. The van der Waals surface area contributed by atoms with Crippen molar-refractivity contribution in [3.63, 3.8) is 0 Å². The van der Waals surface area contributed by atoms with Crippen LogP contribution in [0, 0.1) is 12.8 Å². The Morgan fingerprint density at radius 3 is 2.73 bits per heavy atom. The fourth-order valence-corrected chi connectivity index (χ4v) is 2.34. The lowest BCUT2D eigenvalue weighted by Crippen LogP contribution is -2.20. The molecule has 0 spiro atoms. The Morgan fingerprint density at radius 2 is 2.13 bits per heavy atom. The van der Waals surface area contributed by atoms with Crippen LogP contribution in [0.5, 0.6) is 0 Å². The molecule has 1 aliphatic rings. The van der Waals surface area contributed by atoms with Crippen LogP contribution in [0.1, 0.15) is 36.9 Å². The van der Waals surface area contributed by atoms with Crippen LogP contribution >= 0.6 is 0 Å². The number of hydrogen-bond acceptors (Lipinski definition) is 2. The molecule has 1 aromatic rings. The number of aliphatic hydroxyl groups is 1. The van der Waals surface area contributed by atoms with Crippen molar-refractivity contribution in [1.29, 1.82) is 0 Å². The molecule has 1 unspecified atom stereocenters. The predicted molar refractivity (Wildman–Crippen MR) is 60.6 cm³/mol. The first-order valence-corrected chi connectivity index (χ1v) is 5.85. The minimum Gasteiger partial charge on any atom is -0.392 e. The Bertz CT molecular complexity index is 301. The van der Waals surface area contributed by atoms with Crippen molar-refractivity contribution in [2.24, 2.45) is 5.92 Å². The van der Waals surface area contributed by atoms with Gasteiger partial charge in [0, 0.05) is 18.3 Å². The van der Waals surface area contributed by atoms with Gasteiger partial charge in [0.2, 0.25) is 0 Å². The number of aryl methyl sites for hydroxylation is 1. The van der Waals surface area contributed by atoms with Gasteiger partial charge in [-0.05, 0) is 37.3 Å². The molecule has 82 valence electrons. The molecule has 0 aromatic carbocycles. The number of aliphatic hydroxyl groups excluding tert-OH is 1. The Morgan fingerprint density at radius 1 is 1.40 bits per heavy atom. The largest absolute Gasteiger partial charge is 0.392 e. The summed E-state index contributed by atoms with van der Waals surface area (Å²) in [6.45, 7) is 2.03. The summed E-state index contributed by atoms with van der Waals surface area (Å²) in [5.41, 5.74) is 2.19. The van der Waals surface area contributed by atoms with Crippen LogP contribution in [0.2, 0.25) is 0 Å². The summed E-state index contributed by atoms with van der Waals surface area (Å²) in [5.74, 6) is 0.508. The van der Waals surface area contributed by atoms with Crippen LogP contribution in [-0.4, -0.2) is 16.2 Å². The lowest BCUT2D eigenvalue weighted by Gasteiger charge is -2.16. The molecule has 0 amide bonds. The van der Waals surface area contributed by atoms with E-state index in [0.29, 0.717) is 12.3 Å². The Labute approximate surface area is 91.4 Å². The van der Waals surface area contributed by atoms with E-state index in [9.17, 15) is 5.11 Å². The van der Waals surface area contributed by atoms with Gasteiger partial charge in [-0.3, -0.25) is 4.98 Å². The Kier molecular flexibility index (Phi) is 3.37. The third-order valence-electron chi connectivity index (χ3n) is 3.33. The summed E-state index contributed by atoms with van der Waals surface area (Å²) in [7, 11) is 0. The van der Waals surface area contributed by atoms with E-state index in [0.717, 1.165) is 5.69 Å². The van der Waals surface area contributed by atoms with E-state index in [1.54, 1.807) is 0 Å². The van der Waals surface area contributed by atoms with Gasteiger partial charge in [-0.25, -0.2) is 0 Å². The van der Waals surface area contributed by atoms with E-state index in [4.69, 9.17) is 0 Å². The van der Waals surface area contributed by atoms with Crippen LogP contribution in [-0.2, 0) is 6.42 Å². The molecule has 2 rings (SSSR count). The average Bonchev–Trinajstić information content (AvgIpc) is 2.74. The van der Waals surface area contributed by atoms with Crippen LogP contribution in [0.4, 0.5) is 0 Å². The SMILES string of the molecule is Cc1ccc(CC(O)C2CCCC2)nc1. The molecule has 1 saturated carbocycles. The molecular weight excluding hydrogens is 186 g/mol. The van der Waals surface area contributed by atoms with Gasteiger partial charge in [-0.1, -0.05) is 18.9 Å². The summed E-state index contributed by atoms with van der Waals surface area (Å²) >= 11 is 0. The monoisotopic (exact) mass is 205 g/mol. The second-order valence-electron chi connectivity index (χ2n) is 4.64. The van der Waals surface area contributed by atoms with Crippen molar-refractivity contribution in [3.8, 4) is 0 Å². The normalized spacial score (nSPS) is 19.3. The van der Waals surface area contributed by atoms with E-state index in [1.165, 1.54) is 31.2 Å². The summed E-state index contributed by atoms with van der Waals surface area (Å²) in [6, 6.07) is 4.08. The molecule has 1 heterocycles. The number of pyridine rings is 1.